The van der Waals surface area contributed by atoms with Gasteiger partial charge in [-0.2, -0.15) is 0 Å². The van der Waals surface area contributed by atoms with Crippen LogP contribution in [0.2, 0.25) is 0 Å². The van der Waals surface area contributed by atoms with Crippen LogP contribution in [0.1, 0.15) is 12.0 Å². The van der Waals surface area contributed by atoms with Gasteiger partial charge in [0.1, 0.15) is 17.7 Å². The molecular weight excluding hydrogens is 236 g/mol. The molecule has 0 spiro atoms. The number of carboxylic acids is 1. The second-order valence-electron chi connectivity index (χ2n) is 4.46. The lowest BCUT2D eigenvalue weighted by atomic mass is 10.0. The van der Waals surface area contributed by atoms with E-state index < -0.39 is 11.5 Å². The summed E-state index contributed by atoms with van der Waals surface area (Å²) in [5.41, 5.74) is 5.42. The van der Waals surface area contributed by atoms with Crippen LogP contribution in [0.15, 0.2) is 6.33 Å². The molecule has 1 unspecified atom stereocenters. The van der Waals surface area contributed by atoms with Crippen molar-refractivity contribution in [1.82, 2.24) is 9.97 Å². The molecule has 3 N–H and O–H groups in total. The van der Waals surface area contributed by atoms with Gasteiger partial charge in [0.15, 0.2) is 0 Å². The Kier molecular flexibility index (Phi) is 3.08. The first-order valence-electron chi connectivity index (χ1n) is 5.61. The van der Waals surface area contributed by atoms with E-state index in [9.17, 15) is 4.79 Å². The first-order chi connectivity index (χ1) is 8.48. The highest BCUT2D eigenvalue weighted by molar-refractivity contribution is 5.80. The van der Waals surface area contributed by atoms with Crippen LogP contribution in [0, 0.1) is 6.92 Å². The van der Waals surface area contributed by atoms with E-state index in [4.69, 9.17) is 15.6 Å². The van der Waals surface area contributed by atoms with Gasteiger partial charge in [-0.1, -0.05) is 0 Å². The Morgan fingerprint density at radius 3 is 2.89 bits per heavy atom. The predicted octanol–water partition coefficient (Wildman–Crippen LogP) is -0.214. The van der Waals surface area contributed by atoms with Gasteiger partial charge in [0.2, 0.25) is 5.88 Å². The average molecular weight is 252 g/mol. The number of methoxy groups -OCH3 is 1. The van der Waals surface area contributed by atoms with Gasteiger partial charge in [0.25, 0.3) is 0 Å². The van der Waals surface area contributed by atoms with Crippen molar-refractivity contribution in [1.29, 1.82) is 0 Å². The van der Waals surface area contributed by atoms with Gasteiger partial charge in [-0.3, -0.25) is 4.79 Å². The highest BCUT2D eigenvalue weighted by atomic mass is 16.5. The van der Waals surface area contributed by atoms with Crippen LogP contribution in [0.4, 0.5) is 5.82 Å². The van der Waals surface area contributed by atoms with E-state index in [1.165, 1.54) is 13.4 Å². The van der Waals surface area contributed by atoms with E-state index in [0.29, 0.717) is 24.7 Å². The van der Waals surface area contributed by atoms with Gasteiger partial charge in [-0.25, -0.2) is 9.97 Å². The van der Waals surface area contributed by atoms with E-state index in [0.717, 1.165) is 5.56 Å². The minimum Gasteiger partial charge on any atom is -0.481 e. The number of nitrogens with two attached hydrogens (primary N) is 1. The maximum absolute atomic E-state index is 11.1. The normalized spacial score (nSPS) is 23.2. The lowest BCUT2D eigenvalue weighted by Gasteiger charge is -2.22. The van der Waals surface area contributed by atoms with Gasteiger partial charge in [0, 0.05) is 13.1 Å². The number of anilines is 1. The Morgan fingerprint density at radius 2 is 2.33 bits per heavy atom. The minimum absolute atomic E-state index is 0.239. The Labute approximate surface area is 105 Å². The van der Waals surface area contributed by atoms with Gasteiger partial charge in [0.05, 0.1) is 12.7 Å². The number of rotatable bonds is 3. The third kappa shape index (κ3) is 1.97. The van der Waals surface area contributed by atoms with Crippen molar-refractivity contribution >= 4 is 11.8 Å². The third-order valence-electron chi connectivity index (χ3n) is 3.23. The highest BCUT2D eigenvalue weighted by Gasteiger charge is 2.42. The van der Waals surface area contributed by atoms with Crippen LogP contribution >= 0.6 is 0 Å². The average Bonchev–Trinajstić information content (AvgIpc) is 2.73. The number of hydrogen-bond donors (Lipinski definition) is 2. The Balaban J connectivity index is 2.27. The molecule has 1 aromatic heterocycles. The number of nitrogens with zero attached hydrogens (tertiary/aromatic N) is 3. The van der Waals surface area contributed by atoms with Crippen LogP contribution in [-0.4, -0.2) is 46.8 Å². The zero-order valence-electron chi connectivity index (χ0n) is 10.4. The van der Waals surface area contributed by atoms with Crippen LogP contribution in [0.5, 0.6) is 5.88 Å². The summed E-state index contributed by atoms with van der Waals surface area (Å²) < 4.78 is 5.12. The van der Waals surface area contributed by atoms with Crippen molar-refractivity contribution < 1.29 is 14.6 Å². The molecule has 2 rings (SSSR count). The Morgan fingerprint density at radius 1 is 1.61 bits per heavy atom. The van der Waals surface area contributed by atoms with Crippen LogP contribution in [0.3, 0.4) is 0 Å². The molecule has 0 saturated carbocycles. The number of hydrogen-bond acceptors (Lipinski definition) is 6. The van der Waals surface area contributed by atoms with E-state index >= 15 is 0 Å². The lowest BCUT2D eigenvalue weighted by Crippen LogP contribution is -2.50. The van der Waals surface area contributed by atoms with Crippen molar-refractivity contribution in [3.05, 3.63) is 11.9 Å². The monoisotopic (exact) mass is 252 g/mol. The Bertz CT molecular complexity index is 479. The van der Waals surface area contributed by atoms with Crippen LogP contribution in [0.25, 0.3) is 0 Å². The minimum atomic E-state index is -1.20. The first-order valence-corrected chi connectivity index (χ1v) is 5.61. The van der Waals surface area contributed by atoms with Gasteiger partial charge < -0.3 is 20.5 Å². The summed E-state index contributed by atoms with van der Waals surface area (Å²) in [5.74, 6) is 0.184. The Hall–Kier alpha value is -1.89. The third-order valence-corrected chi connectivity index (χ3v) is 3.23. The molecule has 98 valence electrons. The maximum Gasteiger partial charge on any atom is 0.325 e. The molecule has 0 amide bonds. The van der Waals surface area contributed by atoms with Crippen molar-refractivity contribution in [3.63, 3.8) is 0 Å². The fourth-order valence-corrected chi connectivity index (χ4v) is 2.14. The summed E-state index contributed by atoms with van der Waals surface area (Å²) in [5, 5.41) is 9.10. The largest absolute Gasteiger partial charge is 0.481 e. The van der Waals surface area contributed by atoms with Crippen molar-refractivity contribution in [2.45, 2.75) is 18.9 Å². The summed E-state index contributed by atoms with van der Waals surface area (Å²) in [6.07, 6.45) is 1.80. The zero-order chi connectivity index (χ0) is 13.3. The SMILES string of the molecule is COc1ncnc(N2CCC(N)(C(=O)O)C2)c1C. The summed E-state index contributed by atoms with van der Waals surface area (Å²) in [6.45, 7) is 2.64. The molecule has 1 aromatic rings. The molecule has 1 aliphatic heterocycles. The topological polar surface area (TPSA) is 102 Å². The van der Waals surface area contributed by atoms with Crippen LogP contribution < -0.4 is 15.4 Å². The molecule has 0 aromatic carbocycles. The molecule has 1 fully saturated rings. The molecule has 7 heteroatoms. The van der Waals surface area contributed by atoms with E-state index in [1.54, 1.807) is 0 Å². The lowest BCUT2D eigenvalue weighted by molar-refractivity contribution is -0.142. The smallest absolute Gasteiger partial charge is 0.325 e. The molecule has 1 aliphatic rings. The maximum atomic E-state index is 11.1. The summed E-state index contributed by atoms with van der Waals surface area (Å²) in [7, 11) is 1.54. The van der Waals surface area contributed by atoms with Gasteiger partial charge in [-0.15, -0.1) is 0 Å². The van der Waals surface area contributed by atoms with Crippen LogP contribution in [-0.2, 0) is 4.79 Å². The second-order valence-corrected chi connectivity index (χ2v) is 4.46. The number of aliphatic carboxylic acids is 1. The summed E-state index contributed by atoms with van der Waals surface area (Å²) in [4.78, 5) is 21.1. The highest BCUT2D eigenvalue weighted by Crippen LogP contribution is 2.29. The summed E-state index contributed by atoms with van der Waals surface area (Å²) >= 11 is 0. The molecule has 0 bridgehead atoms. The number of carbonyl (C=O) groups is 1. The molecule has 7 nitrogen and oxygen atoms in total. The standard InChI is InChI=1S/C11H16N4O3/c1-7-8(13-6-14-9(7)18-2)15-4-3-11(12,5-15)10(16)17/h6H,3-5,12H2,1-2H3,(H,16,17). The molecule has 2 heterocycles. The molecule has 18 heavy (non-hydrogen) atoms. The fourth-order valence-electron chi connectivity index (χ4n) is 2.14. The molecule has 1 atom stereocenters. The van der Waals surface area contributed by atoms with E-state index in [-0.39, 0.29) is 6.54 Å². The quantitative estimate of drug-likeness (QED) is 0.767. The second kappa shape index (κ2) is 4.41. The zero-order valence-corrected chi connectivity index (χ0v) is 10.4. The number of aromatic nitrogens is 2. The summed E-state index contributed by atoms with van der Waals surface area (Å²) in [6, 6.07) is 0. The van der Waals surface area contributed by atoms with E-state index in [1.807, 2.05) is 11.8 Å². The van der Waals surface area contributed by atoms with E-state index in [2.05, 4.69) is 9.97 Å². The number of ether oxygens (including phenoxy) is 1. The molecule has 1 saturated heterocycles. The predicted molar refractivity (Wildman–Crippen MR) is 64.7 cm³/mol. The van der Waals surface area contributed by atoms with Crippen molar-refractivity contribution in [2.75, 3.05) is 25.1 Å². The van der Waals surface area contributed by atoms with Crippen molar-refractivity contribution in [3.8, 4) is 5.88 Å². The van der Waals surface area contributed by atoms with Gasteiger partial charge >= 0.3 is 5.97 Å². The fraction of sp³-hybridized carbons (Fsp3) is 0.545. The van der Waals surface area contributed by atoms with Gasteiger partial charge in [-0.05, 0) is 13.3 Å². The molecule has 0 aliphatic carbocycles. The molecule has 0 radical (unpaired) electrons. The van der Waals surface area contributed by atoms with Crippen molar-refractivity contribution in [2.24, 2.45) is 5.73 Å². The number of carboxylic acid groups (broad SMARTS) is 1. The first kappa shape index (κ1) is 12.6. The molecular formula is C11H16N4O3.